The van der Waals surface area contributed by atoms with E-state index in [1.165, 1.54) is 0 Å². The first-order valence-electron chi connectivity index (χ1n) is 10.9. The van der Waals surface area contributed by atoms with Crippen molar-refractivity contribution in [1.82, 2.24) is 9.88 Å². The molecule has 1 fully saturated rings. The van der Waals surface area contributed by atoms with Crippen LogP contribution in [-0.2, 0) is 18.3 Å². The lowest BCUT2D eigenvalue weighted by molar-refractivity contribution is -0.117. The molecule has 1 N–H and O–H groups in total. The smallest absolute Gasteiger partial charge is 0.270 e. The highest BCUT2D eigenvalue weighted by Gasteiger charge is 2.31. The second-order valence-corrected chi connectivity index (χ2v) is 8.01. The third kappa shape index (κ3) is 4.15. The Morgan fingerprint density at radius 1 is 1.16 bits per heavy atom. The molecule has 0 atom stereocenters. The highest BCUT2D eigenvalue weighted by atomic mass is 16.5. The summed E-state index contributed by atoms with van der Waals surface area (Å²) in [6.45, 7) is 5.79. The van der Waals surface area contributed by atoms with Gasteiger partial charge in [-0.05, 0) is 56.5 Å². The molecule has 2 aromatic carbocycles. The van der Waals surface area contributed by atoms with Gasteiger partial charge in [0, 0.05) is 31.9 Å². The Bertz CT molecular complexity index is 1120. The summed E-state index contributed by atoms with van der Waals surface area (Å²) >= 11 is 0. The van der Waals surface area contributed by atoms with Gasteiger partial charge in [-0.2, -0.15) is 0 Å². The molecule has 2 amide bonds. The van der Waals surface area contributed by atoms with Crippen LogP contribution in [0.4, 0.5) is 5.69 Å². The lowest BCUT2D eigenvalue weighted by Gasteiger charge is -2.18. The van der Waals surface area contributed by atoms with Crippen LogP contribution < -0.4 is 15.0 Å². The van der Waals surface area contributed by atoms with Crippen molar-refractivity contribution in [3.8, 4) is 5.75 Å². The molecule has 2 heterocycles. The number of carbonyl (C=O) groups excluding carboxylic acids is 2. The maximum Gasteiger partial charge on any atom is 0.270 e. The van der Waals surface area contributed by atoms with Crippen LogP contribution in [0.5, 0.6) is 5.75 Å². The lowest BCUT2D eigenvalue weighted by atomic mass is 10.1. The number of fused-ring (bicyclic) bond motifs is 1. The number of nitrogens with zero attached hydrogens (tertiary/aromatic N) is 2. The van der Waals surface area contributed by atoms with E-state index >= 15 is 0 Å². The molecule has 0 radical (unpaired) electrons. The van der Waals surface area contributed by atoms with E-state index in [1.807, 2.05) is 61.9 Å². The number of hydrogen-bond donors (Lipinski definition) is 1. The molecule has 162 valence electrons. The van der Waals surface area contributed by atoms with E-state index in [4.69, 9.17) is 4.74 Å². The van der Waals surface area contributed by atoms with Gasteiger partial charge in [-0.1, -0.05) is 23.8 Å². The molecule has 6 nitrogen and oxygen atoms in total. The van der Waals surface area contributed by atoms with Gasteiger partial charge in [-0.15, -0.1) is 0 Å². The van der Waals surface area contributed by atoms with Crippen LogP contribution in [0, 0.1) is 6.92 Å². The monoisotopic (exact) mass is 419 g/mol. The predicted molar refractivity (Wildman–Crippen MR) is 123 cm³/mol. The normalized spacial score (nSPS) is 13.8. The molecule has 0 aliphatic carbocycles. The number of hydrogen-bond acceptors (Lipinski definition) is 3. The summed E-state index contributed by atoms with van der Waals surface area (Å²) in [6, 6.07) is 14.0. The van der Waals surface area contributed by atoms with Crippen molar-refractivity contribution in [1.29, 1.82) is 0 Å². The van der Waals surface area contributed by atoms with Crippen molar-refractivity contribution >= 4 is 28.4 Å². The number of rotatable bonds is 7. The lowest BCUT2D eigenvalue weighted by Crippen LogP contribution is -2.31. The van der Waals surface area contributed by atoms with Gasteiger partial charge in [0.05, 0.1) is 17.8 Å². The average molecular weight is 420 g/mol. The first-order chi connectivity index (χ1) is 15.0. The van der Waals surface area contributed by atoms with Gasteiger partial charge in [0.1, 0.15) is 11.4 Å². The molecule has 31 heavy (non-hydrogen) atoms. The zero-order valence-electron chi connectivity index (χ0n) is 18.4. The van der Waals surface area contributed by atoms with E-state index in [2.05, 4.69) is 11.4 Å². The number of ether oxygens (including phenoxy) is 1. The summed E-state index contributed by atoms with van der Waals surface area (Å²) in [6.07, 6.45) is 2.07. The third-order valence-corrected chi connectivity index (χ3v) is 5.82. The van der Waals surface area contributed by atoms with Gasteiger partial charge in [-0.25, -0.2) is 0 Å². The fourth-order valence-electron chi connectivity index (χ4n) is 4.28. The minimum absolute atomic E-state index is 0.0810. The van der Waals surface area contributed by atoms with Gasteiger partial charge in [-0.3, -0.25) is 9.59 Å². The van der Waals surface area contributed by atoms with Crippen LogP contribution in [0.2, 0.25) is 0 Å². The van der Waals surface area contributed by atoms with Gasteiger partial charge in [0.2, 0.25) is 5.91 Å². The van der Waals surface area contributed by atoms with Gasteiger partial charge in [0.25, 0.3) is 5.91 Å². The summed E-state index contributed by atoms with van der Waals surface area (Å²) in [5.74, 6) is 0.774. The highest BCUT2D eigenvalue weighted by Crippen LogP contribution is 2.36. The first-order valence-corrected chi connectivity index (χ1v) is 10.9. The van der Waals surface area contributed by atoms with E-state index in [0.717, 1.165) is 46.3 Å². The van der Waals surface area contributed by atoms with Crippen molar-refractivity contribution in [2.24, 2.45) is 7.05 Å². The SMILES string of the molecule is CCOc1ccc(CCNC(=O)c2c(N3CCCC3=O)c3cc(C)ccc3n2C)cc1. The summed E-state index contributed by atoms with van der Waals surface area (Å²) < 4.78 is 7.38. The maximum atomic E-state index is 13.2. The second kappa shape index (κ2) is 8.84. The number of benzene rings is 2. The first kappa shape index (κ1) is 21.0. The number of aromatic nitrogens is 1. The molecule has 4 rings (SSSR count). The number of aryl methyl sites for hydroxylation is 2. The van der Waals surface area contributed by atoms with E-state index in [9.17, 15) is 9.59 Å². The van der Waals surface area contributed by atoms with Crippen molar-refractivity contribution in [2.45, 2.75) is 33.1 Å². The summed E-state index contributed by atoms with van der Waals surface area (Å²) in [7, 11) is 1.89. The second-order valence-electron chi connectivity index (χ2n) is 8.01. The van der Waals surface area contributed by atoms with Crippen LogP contribution in [0.3, 0.4) is 0 Å². The summed E-state index contributed by atoms with van der Waals surface area (Å²) in [5.41, 5.74) is 4.47. The molecule has 0 bridgehead atoms. The molecule has 1 aliphatic heterocycles. The number of carbonyl (C=O) groups is 2. The van der Waals surface area contributed by atoms with Crippen molar-refractivity contribution in [3.63, 3.8) is 0 Å². The number of amides is 2. The zero-order chi connectivity index (χ0) is 22.0. The van der Waals surface area contributed by atoms with E-state index in [1.54, 1.807) is 4.90 Å². The van der Waals surface area contributed by atoms with Crippen molar-refractivity contribution in [3.05, 3.63) is 59.3 Å². The van der Waals surface area contributed by atoms with Gasteiger partial charge in [0.15, 0.2) is 0 Å². The fraction of sp³-hybridized carbons (Fsp3) is 0.360. The highest BCUT2D eigenvalue weighted by molar-refractivity contribution is 6.14. The molecule has 0 unspecified atom stereocenters. The number of anilines is 1. The molecular formula is C25H29N3O3. The van der Waals surface area contributed by atoms with Crippen LogP contribution in [0.15, 0.2) is 42.5 Å². The topological polar surface area (TPSA) is 63.6 Å². The quantitative estimate of drug-likeness (QED) is 0.630. The Hall–Kier alpha value is -3.28. The molecule has 0 spiro atoms. The molecule has 3 aromatic rings. The van der Waals surface area contributed by atoms with E-state index < -0.39 is 0 Å². The Morgan fingerprint density at radius 3 is 2.61 bits per heavy atom. The van der Waals surface area contributed by atoms with Crippen LogP contribution >= 0.6 is 0 Å². The van der Waals surface area contributed by atoms with Gasteiger partial charge >= 0.3 is 0 Å². The Morgan fingerprint density at radius 2 is 1.94 bits per heavy atom. The van der Waals surface area contributed by atoms with E-state index in [-0.39, 0.29) is 11.8 Å². The standard InChI is InChI=1S/C25H29N3O3/c1-4-31-19-10-8-18(9-11-19)13-14-26-25(30)24-23(28-15-5-6-22(28)29)20-16-17(2)7-12-21(20)27(24)3/h7-12,16H,4-6,13-15H2,1-3H3,(H,26,30). The predicted octanol–water partition coefficient (Wildman–Crippen LogP) is 3.98. The molecule has 6 heteroatoms. The molecule has 1 saturated heterocycles. The van der Waals surface area contributed by atoms with Gasteiger partial charge < -0.3 is 19.5 Å². The van der Waals surface area contributed by atoms with Crippen molar-refractivity contribution in [2.75, 3.05) is 24.6 Å². The van der Waals surface area contributed by atoms with Crippen LogP contribution in [-0.4, -0.2) is 36.1 Å². The summed E-state index contributed by atoms with van der Waals surface area (Å²) in [5, 5.41) is 4.01. The zero-order valence-corrected chi connectivity index (χ0v) is 18.4. The fourth-order valence-corrected chi connectivity index (χ4v) is 4.28. The maximum absolute atomic E-state index is 13.2. The Labute approximate surface area is 182 Å². The summed E-state index contributed by atoms with van der Waals surface area (Å²) in [4.78, 5) is 27.6. The number of nitrogens with one attached hydrogen (secondary N) is 1. The van der Waals surface area contributed by atoms with E-state index in [0.29, 0.717) is 31.8 Å². The molecular weight excluding hydrogens is 390 g/mol. The Kier molecular flexibility index (Phi) is 5.98. The molecule has 0 saturated carbocycles. The average Bonchev–Trinajstić information content (AvgIpc) is 3.29. The van der Waals surface area contributed by atoms with Crippen molar-refractivity contribution < 1.29 is 14.3 Å². The largest absolute Gasteiger partial charge is 0.494 e. The molecule has 1 aliphatic rings. The van der Waals surface area contributed by atoms with Crippen LogP contribution in [0.25, 0.3) is 10.9 Å². The van der Waals surface area contributed by atoms with Crippen LogP contribution in [0.1, 0.15) is 41.4 Å². The third-order valence-electron chi connectivity index (χ3n) is 5.82. The minimum Gasteiger partial charge on any atom is -0.494 e. The Balaban J connectivity index is 1.57. The minimum atomic E-state index is -0.156. The molecule has 1 aromatic heterocycles.